The van der Waals surface area contributed by atoms with Crippen LogP contribution in [0.1, 0.15) is 23.6 Å². The van der Waals surface area contributed by atoms with Gasteiger partial charge in [0.25, 0.3) is 10.1 Å². The van der Waals surface area contributed by atoms with Gasteiger partial charge in [0.15, 0.2) is 0 Å². The molecule has 0 spiro atoms. The minimum Gasteiger partial charge on any atom is -0.307 e. The van der Waals surface area contributed by atoms with Crippen molar-refractivity contribution in [3.63, 3.8) is 0 Å². The molecule has 1 aliphatic carbocycles. The van der Waals surface area contributed by atoms with E-state index < -0.39 is 22.0 Å². The third kappa shape index (κ3) is 3.51. The molecule has 0 aliphatic heterocycles. The van der Waals surface area contributed by atoms with Gasteiger partial charge in [0.05, 0.1) is 0 Å². The number of nitrogens with one attached hydrogen (secondary N) is 1. The molecule has 0 bridgehead atoms. The van der Waals surface area contributed by atoms with Gasteiger partial charge >= 0.3 is 0 Å². The van der Waals surface area contributed by atoms with Crippen LogP contribution in [0.3, 0.4) is 0 Å². The lowest BCUT2D eigenvalue weighted by atomic mass is 10.1. The third-order valence-corrected chi connectivity index (χ3v) is 3.89. The van der Waals surface area contributed by atoms with E-state index in [1.165, 1.54) is 5.56 Å². The Labute approximate surface area is 106 Å². The summed E-state index contributed by atoms with van der Waals surface area (Å²) in [4.78, 5) is 0. The maximum Gasteiger partial charge on any atom is 0.267 e. The topological polar surface area (TPSA) is 66.4 Å². The zero-order valence-corrected chi connectivity index (χ0v) is 10.7. The van der Waals surface area contributed by atoms with Crippen molar-refractivity contribution in [2.75, 3.05) is 12.3 Å². The van der Waals surface area contributed by atoms with E-state index in [0.717, 1.165) is 18.4 Å². The smallest absolute Gasteiger partial charge is 0.267 e. The van der Waals surface area contributed by atoms with Gasteiger partial charge in [0.2, 0.25) is 0 Å². The molecule has 100 valence electrons. The van der Waals surface area contributed by atoms with Crippen molar-refractivity contribution < 1.29 is 17.4 Å². The van der Waals surface area contributed by atoms with Crippen LogP contribution in [0.5, 0.6) is 0 Å². The summed E-state index contributed by atoms with van der Waals surface area (Å²) in [5, 5.41) is 3.01. The standard InChI is InChI=1S/C12H16FNO3S/c13-10(8-18(15,16)17)7-14-12-6-5-9-3-1-2-4-11(9)12/h1-4,10,12,14H,5-8H2,(H,15,16,17)/t10?,12-/m0/s1. The van der Waals surface area contributed by atoms with Gasteiger partial charge in [-0.1, -0.05) is 24.3 Å². The summed E-state index contributed by atoms with van der Waals surface area (Å²) in [7, 11) is -4.24. The third-order valence-electron chi connectivity index (χ3n) is 3.11. The molecule has 2 N–H and O–H groups in total. The Kier molecular flexibility index (Phi) is 3.99. The number of halogens is 1. The molecular weight excluding hydrogens is 257 g/mol. The second-order valence-electron chi connectivity index (χ2n) is 4.54. The van der Waals surface area contributed by atoms with Crippen molar-refractivity contribution in [3.8, 4) is 0 Å². The highest BCUT2D eigenvalue weighted by Gasteiger charge is 2.23. The van der Waals surface area contributed by atoms with Crippen molar-refractivity contribution in [1.29, 1.82) is 0 Å². The number of aryl methyl sites for hydroxylation is 1. The van der Waals surface area contributed by atoms with Crippen LogP contribution in [0.15, 0.2) is 24.3 Å². The summed E-state index contributed by atoms with van der Waals surface area (Å²) in [6, 6.07) is 8.01. The molecule has 2 atom stereocenters. The predicted octanol–water partition coefficient (Wildman–Crippen LogP) is 1.49. The van der Waals surface area contributed by atoms with E-state index in [4.69, 9.17) is 4.55 Å². The van der Waals surface area contributed by atoms with Gasteiger partial charge in [-0.25, -0.2) is 4.39 Å². The maximum absolute atomic E-state index is 13.3. The first-order valence-electron chi connectivity index (χ1n) is 5.86. The monoisotopic (exact) mass is 273 g/mol. The molecule has 0 saturated heterocycles. The minimum absolute atomic E-state index is 0.0702. The van der Waals surface area contributed by atoms with E-state index in [1.54, 1.807) is 0 Å². The molecule has 2 rings (SSSR count). The van der Waals surface area contributed by atoms with Gasteiger partial charge in [-0.3, -0.25) is 4.55 Å². The van der Waals surface area contributed by atoms with Crippen LogP contribution in [-0.4, -0.2) is 31.4 Å². The van der Waals surface area contributed by atoms with E-state index in [9.17, 15) is 12.8 Å². The normalized spacial score (nSPS) is 20.7. The summed E-state index contributed by atoms with van der Waals surface area (Å²) in [5.74, 6) is -0.853. The van der Waals surface area contributed by atoms with Crippen molar-refractivity contribution in [2.24, 2.45) is 0 Å². The second-order valence-corrected chi connectivity index (χ2v) is 6.04. The SMILES string of the molecule is O=S(=O)(O)CC(F)CN[C@H]1CCc2ccccc21. The van der Waals surface area contributed by atoms with Crippen molar-refractivity contribution in [3.05, 3.63) is 35.4 Å². The van der Waals surface area contributed by atoms with Gasteiger partial charge in [0.1, 0.15) is 11.9 Å². The summed E-state index contributed by atoms with van der Waals surface area (Å²) >= 11 is 0. The van der Waals surface area contributed by atoms with Gasteiger partial charge < -0.3 is 5.32 Å². The molecule has 18 heavy (non-hydrogen) atoms. The molecule has 0 aromatic heterocycles. The minimum atomic E-state index is -4.24. The zero-order valence-electron chi connectivity index (χ0n) is 9.84. The number of alkyl halides is 1. The van der Waals surface area contributed by atoms with Crippen LogP contribution < -0.4 is 5.32 Å². The summed E-state index contributed by atoms with van der Waals surface area (Å²) < 4.78 is 42.9. The summed E-state index contributed by atoms with van der Waals surface area (Å²) in [6.45, 7) is -0.0706. The van der Waals surface area contributed by atoms with Crippen molar-refractivity contribution in [1.82, 2.24) is 5.32 Å². The lowest BCUT2D eigenvalue weighted by Crippen LogP contribution is -2.31. The second kappa shape index (κ2) is 5.34. The van der Waals surface area contributed by atoms with Crippen LogP contribution in [0.25, 0.3) is 0 Å². The largest absolute Gasteiger partial charge is 0.307 e. The Hall–Kier alpha value is -0.980. The first kappa shape index (κ1) is 13.5. The Morgan fingerprint density at radius 1 is 1.44 bits per heavy atom. The van der Waals surface area contributed by atoms with Crippen molar-refractivity contribution >= 4 is 10.1 Å². The van der Waals surface area contributed by atoms with E-state index in [1.807, 2.05) is 24.3 Å². The molecule has 0 fully saturated rings. The highest BCUT2D eigenvalue weighted by molar-refractivity contribution is 7.85. The fourth-order valence-electron chi connectivity index (χ4n) is 2.33. The van der Waals surface area contributed by atoms with Crippen molar-refractivity contribution in [2.45, 2.75) is 25.1 Å². The number of hydrogen-bond acceptors (Lipinski definition) is 3. The van der Waals surface area contributed by atoms with E-state index in [2.05, 4.69) is 5.32 Å². The van der Waals surface area contributed by atoms with Crippen LogP contribution >= 0.6 is 0 Å². The van der Waals surface area contributed by atoms with Crippen LogP contribution in [0.4, 0.5) is 4.39 Å². The Morgan fingerprint density at radius 2 is 2.17 bits per heavy atom. The molecule has 1 aromatic carbocycles. The Morgan fingerprint density at radius 3 is 2.89 bits per heavy atom. The number of hydrogen-bond donors (Lipinski definition) is 2. The summed E-state index contributed by atoms with van der Waals surface area (Å²) in [5.41, 5.74) is 2.40. The molecule has 1 aliphatic rings. The first-order valence-corrected chi connectivity index (χ1v) is 7.47. The van der Waals surface area contributed by atoms with Crippen LogP contribution in [0.2, 0.25) is 0 Å². The van der Waals surface area contributed by atoms with E-state index in [-0.39, 0.29) is 12.6 Å². The van der Waals surface area contributed by atoms with Gasteiger partial charge in [-0.05, 0) is 24.0 Å². The Bertz CT molecular complexity index is 518. The molecule has 1 aromatic rings. The van der Waals surface area contributed by atoms with Gasteiger partial charge in [0, 0.05) is 12.6 Å². The average Bonchev–Trinajstić information content (AvgIpc) is 2.67. The molecule has 0 radical (unpaired) electrons. The zero-order chi connectivity index (χ0) is 13.2. The molecule has 1 unspecified atom stereocenters. The highest BCUT2D eigenvalue weighted by Crippen LogP contribution is 2.30. The fourth-order valence-corrected chi connectivity index (χ4v) is 2.90. The highest BCUT2D eigenvalue weighted by atomic mass is 32.2. The lowest BCUT2D eigenvalue weighted by molar-refractivity contribution is 0.323. The molecule has 4 nitrogen and oxygen atoms in total. The van der Waals surface area contributed by atoms with Crippen LogP contribution in [-0.2, 0) is 16.5 Å². The van der Waals surface area contributed by atoms with Crippen LogP contribution in [0, 0.1) is 0 Å². The number of rotatable bonds is 5. The Balaban J connectivity index is 1.89. The first-order chi connectivity index (χ1) is 8.46. The molecule has 6 heteroatoms. The molecular formula is C12H16FNO3S. The maximum atomic E-state index is 13.3. The number of benzene rings is 1. The quantitative estimate of drug-likeness (QED) is 0.798. The van der Waals surface area contributed by atoms with Gasteiger partial charge in [-0.15, -0.1) is 0 Å². The lowest BCUT2D eigenvalue weighted by Gasteiger charge is -2.15. The fraction of sp³-hybridized carbons (Fsp3) is 0.500. The molecule has 0 saturated carbocycles. The van der Waals surface area contributed by atoms with E-state index in [0.29, 0.717) is 0 Å². The summed E-state index contributed by atoms with van der Waals surface area (Å²) in [6.07, 6.45) is 0.244. The molecule has 0 heterocycles. The average molecular weight is 273 g/mol. The number of fused-ring (bicyclic) bond motifs is 1. The van der Waals surface area contributed by atoms with E-state index >= 15 is 0 Å². The predicted molar refractivity (Wildman–Crippen MR) is 66.8 cm³/mol. The van der Waals surface area contributed by atoms with Gasteiger partial charge in [-0.2, -0.15) is 8.42 Å². The molecule has 0 amide bonds.